The highest BCUT2D eigenvalue weighted by atomic mass is 127. The van der Waals surface area contributed by atoms with E-state index in [1.807, 2.05) is 0 Å². The van der Waals surface area contributed by atoms with Crippen molar-refractivity contribution in [3.8, 4) is 0 Å². The van der Waals surface area contributed by atoms with Gasteiger partial charge in [0.25, 0.3) is 0 Å². The van der Waals surface area contributed by atoms with E-state index in [9.17, 15) is 0 Å². The summed E-state index contributed by atoms with van der Waals surface area (Å²) >= 11 is 0. The summed E-state index contributed by atoms with van der Waals surface area (Å²) in [4.78, 5) is 7.22. The van der Waals surface area contributed by atoms with E-state index in [0.29, 0.717) is 6.04 Å². The fraction of sp³-hybridized carbons (Fsp3) is 0.550. The standard InChI is InChI=1S/C20H31N7.HI/c1-4-19-25-24-15-26(19)12-10-22-20(21-5-2)23-11-13-27-16(3)14-17-8-6-7-9-18(17)27;/h6-9,15-16H,4-5,10-14H2,1-3H3,(H2,21,22,23);1H. The highest BCUT2D eigenvalue weighted by molar-refractivity contribution is 14.0. The van der Waals surface area contributed by atoms with Crippen LogP contribution in [0, 0.1) is 0 Å². The minimum atomic E-state index is 0. The van der Waals surface area contributed by atoms with Crippen LogP contribution >= 0.6 is 24.0 Å². The Morgan fingerprint density at radius 1 is 1.21 bits per heavy atom. The highest BCUT2D eigenvalue weighted by Crippen LogP contribution is 2.31. The van der Waals surface area contributed by atoms with Crippen LogP contribution in [0.4, 0.5) is 5.69 Å². The molecule has 1 atom stereocenters. The lowest BCUT2D eigenvalue weighted by Crippen LogP contribution is -2.40. The summed E-state index contributed by atoms with van der Waals surface area (Å²) in [5.41, 5.74) is 2.80. The lowest BCUT2D eigenvalue weighted by Gasteiger charge is -2.24. The van der Waals surface area contributed by atoms with E-state index in [2.05, 4.69) is 75.3 Å². The van der Waals surface area contributed by atoms with Crippen molar-refractivity contribution >= 4 is 35.6 Å². The van der Waals surface area contributed by atoms with E-state index >= 15 is 0 Å². The molecule has 2 heterocycles. The van der Waals surface area contributed by atoms with Crippen LogP contribution in [0.25, 0.3) is 0 Å². The number of aryl methyl sites for hydroxylation is 1. The number of hydrogen-bond donors (Lipinski definition) is 2. The molecule has 0 radical (unpaired) electrons. The first kappa shape index (κ1) is 22.4. The molecule has 28 heavy (non-hydrogen) atoms. The summed E-state index contributed by atoms with van der Waals surface area (Å²) in [7, 11) is 0. The van der Waals surface area contributed by atoms with Gasteiger partial charge in [-0.25, -0.2) is 0 Å². The second-order valence-corrected chi connectivity index (χ2v) is 6.86. The predicted molar refractivity (Wildman–Crippen MR) is 126 cm³/mol. The molecule has 1 aliphatic rings. The minimum Gasteiger partial charge on any atom is -0.366 e. The molecule has 0 amide bonds. The molecule has 0 saturated heterocycles. The van der Waals surface area contributed by atoms with Gasteiger partial charge in [0, 0.05) is 44.3 Å². The van der Waals surface area contributed by atoms with E-state index in [4.69, 9.17) is 4.99 Å². The Kier molecular flexibility index (Phi) is 9.01. The number of anilines is 1. The average Bonchev–Trinajstić information content (AvgIpc) is 3.25. The Bertz CT molecular complexity index is 759. The average molecular weight is 497 g/mol. The zero-order chi connectivity index (χ0) is 19.1. The second-order valence-electron chi connectivity index (χ2n) is 6.86. The molecule has 1 aliphatic heterocycles. The van der Waals surface area contributed by atoms with E-state index < -0.39 is 0 Å². The van der Waals surface area contributed by atoms with Crippen molar-refractivity contribution in [1.82, 2.24) is 25.4 Å². The molecule has 0 bridgehead atoms. The van der Waals surface area contributed by atoms with Crippen molar-refractivity contribution in [3.63, 3.8) is 0 Å². The van der Waals surface area contributed by atoms with Gasteiger partial charge in [-0.1, -0.05) is 25.1 Å². The fourth-order valence-corrected chi connectivity index (χ4v) is 3.62. The van der Waals surface area contributed by atoms with Gasteiger partial charge < -0.3 is 20.1 Å². The summed E-state index contributed by atoms with van der Waals surface area (Å²) in [6, 6.07) is 9.23. The molecule has 1 aromatic carbocycles. The highest BCUT2D eigenvalue weighted by Gasteiger charge is 2.24. The smallest absolute Gasteiger partial charge is 0.191 e. The van der Waals surface area contributed by atoms with Crippen molar-refractivity contribution in [2.45, 2.75) is 46.2 Å². The molecule has 0 aliphatic carbocycles. The van der Waals surface area contributed by atoms with Crippen LogP contribution in [0.1, 0.15) is 32.2 Å². The maximum absolute atomic E-state index is 4.76. The van der Waals surface area contributed by atoms with Crippen molar-refractivity contribution in [2.24, 2.45) is 4.99 Å². The van der Waals surface area contributed by atoms with Gasteiger partial charge in [0.1, 0.15) is 12.2 Å². The molecule has 0 spiro atoms. The molecular weight excluding hydrogens is 465 g/mol. The normalized spacial score (nSPS) is 15.9. The lowest BCUT2D eigenvalue weighted by atomic mass is 10.1. The molecule has 7 nitrogen and oxygen atoms in total. The van der Waals surface area contributed by atoms with E-state index in [0.717, 1.165) is 57.3 Å². The Labute approximate surface area is 185 Å². The number of halogens is 1. The topological polar surface area (TPSA) is 70.4 Å². The Morgan fingerprint density at radius 3 is 2.82 bits per heavy atom. The van der Waals surface area contributed by atoms with Crippen LogP contribution < -0.4 is 15.5 Å². The zero-order valence-electron chi connectivity index (χ0n) is 17.1. The maximum atomic E-state index is 4.76. The number of hydrogen-bond acceptors (Lipinski definition) is 4. The monoisotopic (exact) mass is 497 g/mol. The van der Waals surface area contributed by atoms with Gasteiger partial charge >= 0.3 is 0 Å². The maximum Gasteiger partial charge on any atom is 0.191 e. The number of benzene rings is 1. The van der Waals surface area contributed by atoms with Gasteiger partial charge in [0.05, 0.1) is 6.54 Å². The van der Waals surface area contributed by atoms with Crippen molar-refractivity contribution in [1.29, 1.82) is 0 Å². The van der Waals surface area contributed by atoms with Crippen LogP contribution in [-0.4, -0.2) is 52.9 Å². The van der Waals surface area contributed by atoms with Crippen LogP contribution in [-0.2, 0) is 19.4 Å². The lowest BCUT2D eigenvalue weighted by molar-refractivity contribution is 0.631. The molecule has 1 unspecified atom stereocenters. The Morgan fingerprint density at radius 2 is 2.04 bits per heavy atom. The molecule has 0 saturated carbocycles. The van der Waals surface area contributed by atoms with Gasteiger partial charge in [0.15, 0.2) is 5.96 Å². The van der Waals surface area contributed by atoms with Crippen LogP contribution in [0.5, 0.6) is 0 Å². The third kappa shape index (κ3) is 5.59. The predicted octanol–water partition coefficient (Wildman–Crippen LogP) is 2.46. The van der Waals surface area contributed by atoms with Gasteiger partial charge in [-0.15, -0.1) is 34.2 Å². The SMILES string of the molecule is CCNC(=NCCN1c2ccccc2CC1C)NCCn1cnnc1CC.I. The third-order valence-electron chi connectivity index (χ3n) is 4.96. The van der Waals surface area contributed by atoms with Crippen molar-refractivity contribution in [2.75, 3.05) is 31.1 Å². The summed E-state index contributed by atoms with van der Waals surface area (Å²) in [6.45, 7) is 10.6. The number of nitrogens with one attached hydrogen (secondary N) is 2. The first-order chi connectivity index (χ1) is 13.2. The molecule has 1 aromatic heterocycles. The number of para-hydroxylation sites is 1. The number of fused-ring (bicyclic) bond motifs is 1. The molecular formula is C20H32IN7. The van der Waals surface area contributed by atoms with Gasteiger partial charge in [-0.2, -0.15) is 0 Å². The molecule has 2 N–H and O–H groups in total. The quantitative estimate of drug-likeness (QED) is 0.333. The van der Waals surface area contributed by atoms with E-state index in [1.54, 1.807) is 6.33 Å². The van der Waals surface area contributed by atoms with Crippen LogP contribution in [0.15, 0.2) is 35.6 Å². The number of aromatic nitrogens is 3. The van der Waals surface area contributed by atoms with Gasteiger partial charge in [-0.3, -0.25) is 4.99 Å². The number of nitrogens with zero attached hydrogens (tertiary/aromatic N) is 5. The molecule has 8 heteroatoms. The summed E-state index contributed by atoms with van der Waals surface area (Å²) < 4.78 is 2.08. The summed E-state index contributed by atoms with van der Waals surface area (Å²) in [6.07, 6.45) is 3.80. The Balaban J connectivity index is 0.00000280. The fourth-order valence-electron chi connectivity index (χ4n) is 3.62. The largest absolute Gasteiger partial charge is 0.366 e. The number of aliphatic imine (C=N–C) groups is 1. The van der Waals surface area contributed by atoms with Gasteiger partial charge in [-0.05, 0) is 31.9 Å². The number of guanidine groups is 1. The van der Waals surface area contributed by atoms with Crippen LogP contribution in [0.2, 0.25) is 0 Å². The van der Waals surface area contributed by atoms with Crippen molar-refractivity contribution < 1.29 is 0 Å². The van der Waals surface area contributed by atoms with E-state index in [1.165, 1.54) is 11.3 Å². The second kappa shape index (κ2) is 11.2. The summed E-state index contributed by atoms with van der Waals surface area (Å²) in [5.74, 6) is 1.88. The molecule has 2 aromatic rings. The molecule has 154 valence electrons. The van der Waals surface area contributed by atoms with E-state index in [-0.39, 0.29) is 24.0 Å². The molecule has 3 rings (SSSR count). The first-order valence-electron chi connectivity index (χ1n) is 9.96. The minimum absolute atomic E-state index is 0. The van der Waals surface area contributed by atoms with Crippen molar-refractivity contribution in [3.05, 3.63) is 42.0 Å². The molecule has 0 fully saturated rings. The summed E-state index contributed by atoms with van der Waals surface area (Å²) in [5, 5.41) is 14.8. The number of rotatable bonds is 8. The first-order valence-corrected chi connectivity index (χ1v) is 9.96. The zero-order valence-corrected chi connectivity index (χ0v) is 19.4. The Hall–Kier alpha value is -1.84. The third-order valence-corrected chi connectivity index (χ3v) is 4.96. The van der Waals surface area contributed by atoms with Gasteiger partial charge in [0.2, 0.25) is 0 Å². The van der Waals surface area contributed by atoms with Crippen LogP contribution in [0.3, 0.4) is 0 Å².